The summed E-state index contributed by atoms with van der Waals surface area (Å²) in [6.07, 6.45) is 0. The number of hydrogen-bond acceptors (Lipinski definition) is 6. The minimum absolute atomic E-state index is 0.0264. The number of thioether (sulfide) groups is 1. The van der Waals surface area contributed by atoms with Crippen LogP contribution < -0.4 is 0 Å². The van der Waals surface area contributed by atoms with E-state index < -0.39 is 0 Å². The van der Waals surface area contributed by atoms with Gasteiger partial charge < -0.3 is 14.7 Å². The number of aromatic nitrogens is 1. The highest BCUT2D eigenvalue weighted by Crippen LogP contribution is 2.22. The first kappa shape index (κ1) is 14.8. The van der Waals surface area contributed by atoms with Gasteiger partial charge in [-0.25, -0.2) is 4.98 Å². The van der Waals surface area contributed by atoms with E-state index in [1.54, 1.807) is 16.2 Å². The number of thiazole rings is 1. The molecule has 1 atom stereocenters. The lowest BCUT2D eigenvalue weighted by molar-refractivity contribution is -0.128. The average molecular weight is 302 g/mol. The molecule has 2 rings (SSSR count). The lowest BCUT2D eigenvalue weighted by atomic mass is 10.1. The molecule has 7 heteroatoms. The molecule has 0 unspecified atom stereocenters. The maximum absolute atomic E-state index is 12.1. The Labute approximate surface area is 121 Å². The van der Waals surface area contributed by atoms with Gasteiger partial charge in [0.1, 0.15) is 0 Å². The van der Waals surface area contributed by atoms with Gasteiger partial charge in [0.05, 0.1) is 19.0 Å². The van der Waals surface area contributed by atoms with E-state index >= 15 is 0 Å². The minimum atomic E-state index is 0.0264. The molecule has 0 saturated carbocycles. The van der Waals surface area contributed by atoms with Crippen LogP contribution in [-0.4, -0.2) is 59.6 Å². The Balaban J connectivity index is 1.84. The predicted molar refractivity (Wildman–Crippen MR) is 75.5 cm³/mol. The second kappa shape index (κ2) is 7.23. The van der Waals surface area contributed by atoms with E-state index in [0.717, 1.165) is 10.0 Å². The van der Waals surface area contributed by atoms with E-state index in [2.05, 4.69) is 4.98 Å². The Morgan fingerprint density at radius 3 is 3.26 bits per heavy atom. The zero-order chi connectivity index (χ0) is 13.7. The van der Waals surface area contributed by atoms with Crippen molar-refractivity contribution in [2.75, 3.05) is 38.7 Å². The SMILES string of the molecule is Cc1csc(SCC(=O)N2CCOC[C@H](CO)C2)n1. The van der Waals surface area contributed by atoms with Gasteiger partial charge in [-0.3, -0.25) is 4.79 Å². The number of hydrogen-bond donors (Lipinski definition) is 1. The van der Waals surface area contributed by atoms with Crippen molar-refractivity contribution in [1.29, 1.82) is 0 Å². The average Bonchev–Trinajstić information content (AvgIpc) is 2.68. The van der Waals surface area contributed by atoms with Crippen LogP contribution in [-0.2, 0) is 9.53 Å². The molecule has 106 valence electrons. The molecule has 0 bridgehead atoms. The molecule has 1 N–H and O–H groups in total. The topological polar surface area (TPSA) is 62.7 Å². The van der Waals surface area contributed by atoms with E-state index in [9.17, 15) is 9.90 Å². The van der Waals surface area contributed by atoms with Gasteiger partial charge in [-0.05, 0) is 6.92 Å². The molecule has 1 aromatic heterocycles. The van der Waals surface area contributed by atoms with Crippen LogP contribution in [0.25, 0.3) is 0 Å². The molecule has 1 saturated heterocycles. The van der Waals surface area contributed by atoms with Crippen LogP contribution in [0, 0.1) is 12.8 Å². The summed E-state index contributed by atoms with van der Waals surface area (Å²) in [5.74, 6) is 0.505. The number of aliphatic hydroxyl groups excluding tert-OH is 1. The van der Waals surface area contributed by atoms with Gasteiger partial charge in [-0.1, -0.05) is 11.8 Å². The van der Waals surface area contributed by atoms with Gasteiger partial charge in [-0.15, -0.1) is 11.3 Å². The molecule has 0 spiro atoms. The Hall–Kier alpha value is -0.630. The summed E-state index contributed by atoms with van der Waals surface area (Å²) in [6.45, 7) is 4.25. The van der Waals surface area contributed by atoms with Crippen LogP contribution in [0.2, 0.25) is 0 Å². The predicted octanol–water partition coefficient (Wildman–Crippen LogP) is 1.01. The highest BCUT2D eigenvalue weighted by molar-refractivity contribution is 8.01. The number of aryl methyl sites for hydroxylation is 1. The fourth-order valence-corrected chi connectivity index (χ4v) is 3.58. The summed E-state index contributed by atoms with van der Waals surface area (Å²) in [5, 5.41) is 11.2. The van der Waals surface area contributed by atoms with E-state index in [-0.39, 0.29) is 18.4 Å². The van der Waals surface area contributed by atoms with E-state index in [0.29, 0.717) is 32.1 Å². The van der Waals surface area contributed by atoms with Gasteiger partial charge in [0, 0.05) is 36.7 Å². The molecule has 1 aliphatic rings. The number of aliphatic hydroxyl groups is 1. The molecular weight excluding hydrogens is 284 g/mol. The Morgan fingerprint density at radius 2 is 2.58 bits per heavy atom. The molecule has 2 heterocycles. The van der Waals surface area contributed by atoms with Gasteiger partial charge in [-0.2, -0.15) is 0 Å². The van der Waals surface area contributed by atoms with Gasteiger partial charge in [0.15, 0.2) is 4.34 Å². The van der Waals surface area contributed by atoms with E-state index in [1.165, 1.54) is 11.8 Å². The third-order valence-corrected chi connectivity index (χ3v) is 4.99. The molecule has 1 aromatic rings. The molecule has 19 heavy (non-hydrogen) atoms. The van der Waals surface area contributed by atoms with Gasteiger partial charge >= 0.3 is 0 Å². The number of carbonyl (C=O) groups excluding carboxylic acids is 1. The summed E-state index contributed by atoms with van der Waals surface area (Å²) in [4.78, 5) is 18.2. The largest absolute Gasteiger partial charge is 0.396 e. The van der Waals surface area contributed by atoms with Crippen molar-refractivity contribution >= 4 is 29.0 Å². The third kappa shape index (κ3) is 4.45. The number of ether oxygens (including phenoxy) is 1. The van der Waals surface area contributed by atoms with Crippen molar-refractivity contribution < 1.29 is 14.6 Å². The normalized spacial score (nSPS) is 20.3. The molecule has 0 aromatic carbocycles. The van der Waals surface area contributed by atoms with Crippen LogP contribution in [0.5, 0.6) is 0 Å². The molecule has 1 fully saturated rings. The fraction of sp³-hybridized carbons (Fsp3) is 0.667. The zero-order valence-electron chi connectivity index (χ0n) is 10.9. The highest BCUT2D eigenvalue weighted by Gasteiger charge is 2.22. The first-order chi connectivity index (χ1) is 9.19. The number of nitrogens with zero attached hydrogens (tertiary/aromatic N) is 2. The molecular formula is C12H18N2O3S2. The van der Waals surface area contributed by atoms with Crippen molar-refractivity contribution in [3.8, 4) is 0 Å². The minimum Gasteiger partial charge on any atom is -0.396 e. The maximum atomic E-state index is 12.1. The smallest absolute Gasteiger partial charge is 0.233 e. The van der Waals surface area contributed by atoms with E-state index in [4.69, 9.17) is 4.74 Å². The Kier molecular flexibility index (Phi) is 5.62. The maximum Gasteiger partial charge on any atom is 0.233 e. The van der Waals surface area contributed by atoms with Gasteiger partial charge in [0.2, 0.25) is 5.91 Å². The van der Waals surface area contributed by atoms with Crippen LogP contribution in [0.15, 0.2) is 9.72 Å². The lowest BCUT2D eigenvalue weighted by Gasteiger charge is -2.22. The van der Waals surface area contributed by atoms with Crippen LogP contribution >= 0.6 is 23.1 Å². The number of amides is 1. The number of rotatable bonds is 4. The zero-order valence-corrected chi connectivity index (χ0v) is 12.5. The summed E-state index contributed by atoms with van der Waals surface area (Å²) < 4.78 is 6.30. The van der Waals surface area contributed by atoms with Crippen LogP contribution in [0.3, 0.4) is 0 Å². The van der Waals surface area contributed by atoms with Crippen molar-refractivity contribution in [3.63, 3.8) is 0 Å². The third-order valence-electron chi connectivity index (χ3n) is 2.87. The van der Waals surface area contributed by atoms with Crippen molar-refractivity contribution in [1.82, 2.24) is 9.88 Å². The van der Waals surface area contributed by atoms with E-state index in [1.807, 2.05) is 12.3 Å². The quantitative estimate of drug-likeness (QED) is 0.841. The van der Waals surface area contributed by atoms with Gasteiger partial charge in [0.25, 0.3) is 0 Å². The second-order valence-electron chi connectivity index (χ2n) is 4.51. The van der Waals surface area contributed by atoms with Crippen molar-refractivity contribution in [3.05, 3.63) is 11.1 Å². The first-order valence-electron chi connectivity index (χ1n) is 6.20. The fourth-order valence-electron chi connectivity index (χ4n) is 1.83. The molecule has 5 nitrogen and oxygen atoms in total. The highest BCUT2D eigenvalue weighted by atomic mass is 32.2. The molecule has 0 aliphatic carbocycles. The summed E-state index contributed by atoms with van der Waals surface area (Å²) in [6, 6.07) is 0. The molecule has 1 amide bonds. The van der Waals surface area contributed by atoms with Crippen LogP contribution in [0.4, 0.5) is 0 Å². The summed E-state index contributed by atoms with van der Waals surface area (Å²) >= 11 is 3.04. The Bertz CT molecular complexity index is 425. The molecule has 1 aliphatic heterocycles. The van der Waals surface area contributed by atoms with Crippen molar-refractivity contribution in [2.24, 2.45) is 5.92 Å². The summed E-state index contributed by atoms with van der Waals surface area (Å²) in [7, 11) is 0. The monoisotopic (exact) mass is 302 g/mol. The number of carbonyl (C=O) groups is 1. The van der Waals surface area contributed by atoms with Crippen LogP contribution in [0.1, 0.15) is 5.69 Å². The second-order valence-corrected chi connectivity index (χ2v) is 6.59. The first-order valence-corrected chi connectivity index (χ1v) is 8.07. The Morgan fingerprint density at radius 1 is 1.74 bits per heavy atom. The van der Waals surface area contributed by atoms with Crippen molar-refractivity contribution in [2.45, 2.75) is 11.3 Å². The standard InChI is InChI=1S/C12H18N2O3S2/c1-9-7-18-12(13-9)19-8-11(16)14-2-3-17-6-10(4-14)5-15/h7,10,15H,2-6,8H2,1H3/t10-/m0/s1. The lowest BCUT2D eigenvalue weighted by Crippen LogP contribution is -2.37. The molecule has 0 radical (unpaired) electrons. The summed E-state index contributed by atoms with van der Waals surface area (Å²) in [5.41, 5.74) is 0.989.